The van der Waals surface area contributed by atoms with Gasteiger partial charge in [0.05, 0.1) is 16.6 Å². The lowest BCUT2D eigenvalue weighted by molar-refractivity contribution is -0.134. The largest absolute Gasteiger partial charge is 0.437 e. The number of nitrogens with zero attached hydrogens (tertiary/aromatic N) is 1. The van der Waals surface area contributed by atoms with E-state index in [4.69, 9.17) is 4.42 Å². The van der Waals surface area contributed by atoms with Crippen molar-refractivity contribution in [3.05, 3.63) is 77.2 Å². The topological polar surface area (TPSA) is 72.2 Å². The number of hydrogen-bond donors (Lipinski definition) is 1. The van der Waals surface area contributed by atoms with Crippen molar-refractivity contribution < 1.29 is 31.6 Å². The summed E-state index contributed by atoms with van der Waals surface area (Å²) in [6, 6.07) is 13.7. The molecule has 2 heterocycles. The van der Waals surface area contributed by atoms with E-state index < -0.39 is 30.7 Å². The molecule has 0 unspecified atom stereocenters. The number of furan rings is 1. The van der Waals surface area contributed by atoms with Gasteiger partial charge in [-0.2, -0.15) is 13.2 Å². The van der Waals surface area contributed by atoms with Crippen molar-refractivity contribution in [2.45, 2.75) is 52.1 Å². The fourth-order valence-corrected chi connectivity index (χ4v) is 5.30. The van der Waals surface area contributed by atoms with Crippen LogP contribution < -0.4 is 5.32 Å². The molecule has 1 amide bonds. The van der Waals surface area contributed by atoms with Crippen molar-refractivity contribution >= 4 is 22.8 Å². The molecular formula is C32H30F4N2O3. The van der Waals surface area contributed by atoms with Crippen LogP contribution in [-0.4, -0.2) is 29.9 Å². The van der Waals surface area contributed by atoms with Crippen molar-refractivity contribution in [2.75, 3.05) is 7.05 Å². The van der Waals surface area contributed by atoms with E-state index >= 15 is 0 Å². The molecule has 1 aliphatic rings. The van der Waals surface area contributed by atoms with Crippen LogP contribution in [0.4, 0.5) is 17.6 Å². The number of hydrogen-bond acceptors (Lipinski definition) is 4. The van der Waals surface area contributed by atoms with Crippen molar-refractivity contribution in [3.63, 3.8) is 0 Å². The highest BCUT2D eigenvalue weighted by atomic mass is 19.4. The van der Waals surface area contributed by atoms with Gasteiger partial charge in [-0.05, 0) is 72.6 Å². The van der Waals surface area contributed by atoms with E-state index in [0.717, 1.165) is 12.8 Å². The van der Waals surface area contributed by atoms with Gasteiger partial charge in [-0.3, -0.25) is 9.59 Å². The third kappa shape index (κ3) is 6.19. The Morgan fingerprint density at radius 3 is 2.37 bits per heavy atom. The number of rotatable bonds is 9. The SMILES string of the molecule is CNC(=O)c1c(-c2ccc(F)cc2)oc2nc(CCC(F)(F)F)c(-c3cccc(C(=O)CC(C)(C)C4CC4)c3)cc12. The first-order chi connectivity index (χ1) is 19.4. The number of benzene rings is 2. The number of carbonyl (C=O) groups is 2. The van der Waals surface area contributed by atoms with Gasteiger partial charge in [-0.25, -0.2) is 9.37 Å². The number of halogens is 4. The minimum Gasteiger partial charge on any atom is -0.437 e. The third-order valence-electron chi connectivity index (χ3n) is 7.76. The van der Waals surface area contributed by atoms with Crippen LogP contribution in [0.15, 0.2) is 59.0 Å². The van der Waals surface area contributed by atoms with E-state index in [0.29, 0.717) is 40.0 Å². The van der Waals surface area contributed by atoms with E-state index in [1.165, 1.54) is 31.3 Å². The first-order valence-corrected chi connectivity index (χ1v) is 13.5. The molecule has 41 heavy (non-hydrogen) atoms. The molecule has 1 aliphatic carbocycles. The maximum atomic E-state index is 13.6. The van der Waals surface area contributed by atoms with Crippen molar-refractivity contribution in [3.8, 4) is 22.5 Å². The molecule has 1 fully saturated rings. The van der Waals surface area contributed by atoms with E-state index in [1.807, 2.05) is 0 Å². The maximum Gasteiger partial charge on any atom is 0.389 e. The molecule has 2 aromatic heterocycles. The monoisotopic (exact) mass is 566 g/mol. The minimum atomic E-state index is -4.42. The Morgan fingerprint density at radius 1 is 1.02 bits per heavy atom. The molecule has 0 atom stereocenters. The number of carbonyl (C=O) groups excluding carboxylic acids is 2. The normalized spacial score (nSPS) is 13.9. The molecular weight excluding hydrogens is 536 g/mol. The standard InChI is InChI=1S/C32H30F4N2O3/c1-31(2,21-9-10-21)17-26(39)20-6-4-5-19(15-20)23-16-24-27(29(40)37-3)28(18-7-11-22(33)12-8-18)41-30(24)38-25(23)13-14-32(34,35)36/h4-8,11-12,15-16,21H,9-10,13-14,17H2,1-3H3,(H,37,40). The molecule has 9 heteroatoms. The van der Waals surface area contributed by atoms with Crippen LogP contribution in [0.2, 0.25) is 0 Å². The summed E-state index contributed by atoms with van der Waals surface area (Å²) >= 11 is 0. The van der Waals surface area contributed by atoms with Gasteiger partial charge < -0.3 is 9.73 Å². The molecule has 0 saturated heterocycles. The van der Waals surface area contributed by atoms with Crippen LogP contribution in [0, 0.1) is 17.2 Å². The highest BCUT2D eigenvalue weighted by Gasteiger charge is 2.39. The predicted molar refractivity (Wildman–Crippen MR) is 148 cm³/mol. The predicted octanol–water partition coefficient (Wildman–Crippen LogP) is 8.16. The molecule has 0 bridgehead atoms. The van der Waals surface area contributed by atoms with Gasteiger partial charge in [-0.15, -0.1) is 0 Å². The number of amides is 1. The number of alkyl halides is 3. The molecule has 5 rings (SSSR count). The Bertz CT molecular complexity index is 1620. The molecule has 0 aliphatic heterocycles. The highest BCUT2D eigenvalue weighted by Crippen LogP contribution is 2.47. The van der Waals surface area contributed by atoms with Crippen LogP contribution in [0.3, 0.4) is 0 Å². The van der Waals surface area contributed by atoms with E-state index in [9.17, 15) is 27.2 Å². The Hall–Kier alpha value is -4.01. The molecule has 214 valence electrons. The van der Waals surface area contributed by atoms with Gasteiger partial charge in [0, 0.05) is 36.6 Å². The summed E-state index contributed by atoms with van der Waals surface area (Å²) in [7, 11) is 1.44. The summed E-state index contributed by atoms with van der Waals surface area (Å²) in [5, 5.41) is 2.86. The van der Waals surface area contributed by atoms with Gasteiger partial charge >= 0.3 is 6.18 Å². The third-order valence-corrected chi connectivity index (χ3v) is 7.76. The first-order valence-electron chi connectivity index (χ1n) is 13.5. The van der Waals surface area contributed by atoms with Crippen LogP contribution in [-0.2, 0) is 6.42 Å². The Balaban J connectivity index is 1.65. The van der Waals surface area contributed by atoms with Gasteiger partial charge in [0.1, 0.15) is 11.6 Å². The lowest BCUT2D eigenvalue weighted by atomic mass is 9.81. The summed E-state index contributed by atoms with van der Waals surface area (Å²) in [6.45, 7) is 4.16. The van der Waals surface area contributed by atoms with Crippen LogP contribution in [0.5, 0.6) is 0 Å². The summed E-state index contributed by atoms with van der Waals surface area (Å²) in [5.41, 5.74) is 1.86. The van der Waals surface area contributed by atoms with Crippen LogP contribution >= 0.6 is 0 Å². The molecule has 1 saturated carbocycles. The van der Waals surface area contributed by atoms with E-state index in [-0.39, 0.29) is 33.9 Å². The summed E-state index contributed by atoms with van der Waals surface area (Å²) in [4.78, 5) is 30.7. The van der Waals surface area contributed by atoms with E-state index in [1.54, 1.807) is 30.3 Å². The number of Topliss-reactive ketones (excluding diaryl/α,β-unsaturated/α-hetero) is 1. The number of ketones is 1. The average Bonchev–Trinajstić information content (AvgIpc) is 3.73. The molecule has 4 aromatic rings. The first kappa shape index (κ1) is 28.5. The van der Waals surface area contributed by atoms with Crippen LogP contribution in [0.1, 0.15) is 65.9 Å². The molecule has 0 spiro atoms. The van der Waals surface area contributed by atoms with Gasteiger partial charge in [0.15, 0.2) is 5.78 Å². The van der Waals surface area contributed by atoms with Crippen molar-refractivity contribution in [2.24, 2.45) is 11.3 Å². The Kier molecular flexibility index (Phi) is 7.48. The number of pyridine rings is 1. The number of aryl methyl sites for hydroxylation is 1. The molecule has 2 aromatic carbocycles. The fraction of sp³-hybridized carbons (Fsp3) is 0.344. The smallest absolute Gasteiger partial charge is 0.389 e. The zero-order chi connectivity index (χ0) is 29.5. The zero-order valence-electron chi connectivity index (χ0n) is 23.0. The summed E-state index contributed by atoms with van der Waals surface area (Å²) in [5.74, 6) is -0.379. The minimum absolute atomic E-state index is 0.0118. The number of aromatic nitrogens is 1. The fourth-order valence-electron chi connectivity index (χ4n) is 5.30. The lowest BCUT2D eigenvalue weighted by Gasteiger charge is -2.23. The molecule has 0 radical (unpaired) electrons. The maximum absolute atomic E-state index is 13.6. The van der Waals surface area contributed by atoms with Crippen LogP contribution in [0.25, 0.3) is 33.6 Å². The Labute approximate surface area is 235 Å². The second-order valence-electron chi connectivity index (χ2n) is 11.3. The second kappa shape index (κ2) is 10.8. The summed E-state index contributed by atoms with van der Waals surface area (Å²) in [6.07, 6.45) is -3.39. The second-order valence-corrected chi connectivity index (χ2v) is 11.3. The van der Waals surface area contributed by atoms with E-state index in [2.05, 4.69) is 24.1 Å². The van der Waals surface area contributed by atoms with Gasteiger partial charge in [0.2, 0.25) is 5.71 Å². The average molecular weight is 567 g/mol. The lowest BCUT2D eigenvalue weighted by Crippen LogP contribution is -2.19. The molecule has 1 N–H and O–H groups in total. The number of fused-ring (bicyclic) bond motifs is 1. The highest BCUT2D eigenvalue weighted by molar-refractivity contribution is 6.11. The van der Waals surface area contributed by atoms with Crippen molar-refractivity contribution in [1.82, 2.24) is 10.3 Å². The van der Waals surface area contributed by atoms with Gasteiger partial charge in [0.25, 0.3) is 5.91 Å². The zero-order valence-corrected chi connectivity index (χ0v) is 23.0. The molecule has 5 nitrogen and oxygen atoms in total. The van der Waals surface area contributed by atoms with Gasteiger partial charge in [-0.1, -0.05) is 32.0 Å². The Morgan fingerprint density at radius 2 is 1.73 bits per heavy atom. The number of nitrogens with one attached hydrogen (secondary N) is 1. The van der Waals surface area contributed by atoms with Crippen molar-refractivity contribution in [1.29, 1.82) is 0 Å². The quantitative estimate of drug-likeness (QED) is 0.164. The summed E-state index contributed by atoms with van der Waals surface area (Å²) < 4.78 is 59.4.